The number of anilines is 2. The Balaban J connectivity index is 1.77. The number of amides is 2. The van der Waals surface area contributed by atoms with Crippen LogP contribution in [0.3, 0.4) is 0 Å². The Morgan fingerprint density at radius 1 is 1.19 bits per heavy atom. The van der Waals surface area contributed by atoms with Crippen LogP contribution in [0.15, 0.2) is 41.0 Å². The number of benzene rings is 1. The third-order valence-corrected chi connectivity index (χ3v) is 4.87. The second-order valence-electron chi connectivity index (χ2n) is 6.79. The zero-order valence-corrected chi connectivity index (χ0v) is 15.5. The molecular formula is C21H26N2O3. The van der Waals surface area contributed by atoms with Gasteiger partial charge in [-0.2, -0.15) is 0 Å². The molecule has 5 nitrogen and oxygen atoms in total. The van der Waals surface area contributed by atoms with Crippen LogP contribution in [-0.4, -0.2) is 18.4 Å². The van der Waals surface area contributed by atoms with E-state index in [0.29, 0.717) is 12.3 Å². The van der Waals surface area contributed by atoms with Crippen LogP contribution in [0.25, 0.3) is 0 Å². The van der Waals surface area contributed by atoms with E-state index in [2.05, 4.69) is 19.2 Å². The van der Waals surface area contributed by atoms with Crippen molar-refractivity contribution in [1.29, 1.82) is 0 Å². The van der Waals surface area contributed by atoms with Crippen molar-refractivity contribution in [2.75, 3.05) is 16.8 Å². The third kappa shape index (κ3) is 3.82. The number of rotatable bonds is 7. The molecule has 0 fully saturated rings. The Kier molecular flexibility index (Phi) is 5.76. The summed E-state index contributed by atoms with van der Waals surface area (Å²) < 4.78 is 5.24. The van der Waals surface area contributed by atoms with Crippen LogP contribution in [0.5, 0.6) is 0 Å². The number of nitrogens with one attached hydrogen (secondary N) is 1. The van der Waals surface area contributed by atoms with Crippen molar-refractivity contribution in [3.05, 3.63) is 47.9 Å². The van der Waals surface area contributed by atoms with Gasteiger partial charge < -0.3 is 14.6 Å². The molecule has 26 heavy (non-hydrogen) atoms. The molecule has 0 aliphatic carbocycles. The standard InChI is InChI=1S/C21H26N2O3/c1-3-6-16(7-4-2)20(24)22-17-10-9-15-11-12-23(18(15)14-17)21(25)19-8-5-13-26-19/h5,8-10,13-14,16H,3-4,6-7,11-12H2,1-2H3,(H,22,24). The first-order chi connectivity index (χ1) is 12.6. The molecule has 0 unspecified atom stereocenters. The molecule has 1 aliphatic rings. The van der Waals surface area contributed by atoms with Gasteiger partial charge in [-0.1, -0.05) is 32.8 Å². The van der Waals surface area contributed by atoms with Crippen LogP contribution >= 0.6 is 0 Å². The fourth-order valence-corrected chi connectivity index (χ4v) is 3.55. The molecule has 1 aromatic carbocycles. The number of hydrogen-bond donors (Lipinski definition) is 1. The smallest absolute Gasteiger partial charge is 0.293 e. The highest BCUT2D eigenvalue weighted by Crippen LogP contribution is 2.32. The van der Waals surface area contributed by atoms with Gasteiger partial charge in [0, 0.05) is 23.8 Å². The van der Waals surface area contributed by atoms with E-state index in [1.54, 1.807) is 17.0 Å². The maximum atomic E-state index is 12.6. The molecule has 3 rings (SSSR count). The van der Waals surface area contributed by atoms with Crippen molar-refractivity contribution in [3.8, 4) is 0 Å². The number of furan rings is 1. The summed E-state index contributed by atoms with van der Waals surface area (Å²) in [6.07, 6.45) is 6.09. The van der Waals surface area contributed by atoms with E-state index in [1.165, 1.54) is 6.26 Å². The van der Waals surface area contributed by atoms with E-state index in [0.717, 1.165) is 49.0 Å². The lowest BCUT2D eigenvalue weighted by Crippen LogP contribution is -2.28. The average Bonchev–Trinajstić information content (AvgIpc) is 3.30. The van der Waals surface area contributed by atoms with Crippen LogP contribution < -0.4 is 10.2 Å². The van der Waals surface area contributed by atoms with E-state index in [1.807, 2.05) is 18.2 Å². The van der Waals surface area contributed by atoms with Crippen LogP contribution in [0.1, 0.15) is 55.6 Å². The number of hydrogen-bond acceptors (Lipinski definition) is 3. The van der Waals surface area contributed by atoms with Gasteiger partial charge >= 0.3 is 0 Å². The molecule has 1 N–H and O–H groups in total. The summed E-state index contributed by atoms with van der Waals surface area (Å²) in [5, 5.41) is 3.04. The first-order valence-corrected chi connectivity index (χ1v) is 9.43. The van der Waals surface area contributed by atoms with Gasteiger partial charge in [0.05, 0.1) is 6.26 Å². The van der Waals surface area contributed by atoms with Crippen LogP contribution in [-0.2, 0) is 11.2 Å². The van der Waals surface area contributed by atoms with Crippen molar-refractivity contribution in [2.24, 2.45) is 5.92 Å². The molecule has 0 bridgehead atoms. The zero-order valence-electron chi connectivity index (χ0n) is 15.5. The SMILES string of the molecule is CCCC(CCC)C(=O)Nc1ccc2c(c1)N(C(=O)c1ccco1)CC2. The molecule has 1 aliphatic heterocycles. The lowest BCUT2D eigenvalue weighted by molar-refractivity contribution is -0.120. The molecule has 2 aromatic rings. The fraction of sp³-hybridized carbons (Fsp3) is 0.429. The fourth-order valence-electron chi connectivity index (χ4n) is 3.55. The van der Waals surface area contributed by atoms with Crippen molar-refractivity contribution in [1.82, 2.24) is 0 Å². The first-order valence-electron chi connectivity index (χ1n) is 9.43. The van der Waals surface area contributed by atoms with Gasteiger partial charge in [0.2, 0.25) is 5.91 Å². The molecule has 138 valence electrons. The molecule has 0 saturated carbocycles. The molecule has 2 amide bonds. The summed E-state index contributed by atoms with van der Waals surface area (Å²) in [6, 6.07) is 9.20. The predicted molar refractivity (Wildman–Crippen MR) is 102 cm³/mol. The molecule has 0 radical (unpaired) electrons. The summed E-state index contributed by atoms with van der Waals surface area (Å²) >= 11 is 0. The van der Waals surface area contributed by atoms with Gasteiger partial charge in [-0.15, -0.1) is 0 Å². The number of nitrogens with zero attached hydrogens (tertiary/aromatic N) is 1. The Bertz CT molecular complexity index is 762. The number of carbonyl (C=O) groups is 2. The lowest BCUT2D eigenvalue weighted by atomic mass is 9.97. The van der Waals surface area contributed by atoms with Gasteiger partial charge in [0.25, 0.3) is 5.91 Å². The van der Waals surface area contributed by atoms with Gasteiger partial charge in [-0.05, 0) is 49.1 Å². The van der Waals surface area contributed by atoms with Crippen molar-refractivity contribution < 1.29 is 14.0 Å². The maximum Gasteiger partial charge on any atom is 0.293 e. The molecule has 0 saturated heterocycles. The molecule has 0 atom stereocenters. The monoisotopic (exact) mass is 354 g/mol. The maximum absolute atomic E-state index is 12.6. The largest absolute Gasteiger partial charge is 0.459 e. The summed E-state index contributed by atoms with van der Waals surface area (Å²) in [7, 11) is 0. The van der Waals surface area contributed by atoms with Gasteiger partial charge in [0.1, 0.15) is 0 Å². The van der Waals surface area contributed by atoms with Crippen molar-refractivity contribution >= 4 is 23.2 Å². The van der Waals surface area contributed by atoms with E-state index < -0.39 is 0 Å². The highest BCUT2D eigenvalue weighted by atomic mass is 16.3. The van der Waals surface area contributed by atoms with E-state index in [-0.39, 0.29) is 17.7 Å². The minimum atomic E-state index is -0.146. The summed E-state index contributed by atoms with van der Waals surface area (Å²) in [4.78, 5) is 26.9. The number of carbonyl (C=O) groups excluding carboxylic acids is 2. The van der Waals surface area contributed by atoms with Gasteiger partial charge in [0.15, 0.2) is 5.76 Å². The minimum absolute atomic E-state index is 0.0408. The summed E-state index contributed by atoms with van der Waals surface area (Å²) in [5.41, 5.74) is 2.71. The van der Waals surface area contributed by atoms with Gasteiger partial charge in [-0.25, -0.2) is 0 Å². The van der Waals surface area contributed by atoms with Crippen molar-refractivity contribution in [2.45, 2.75) is 46.0 Å². The van der Waals surface area contributed by atoms with Crippen LogP contribution in [0, 0.1) is 5.92 Å². The first kappa shape index (κ1) is 18.2. The summed E-state index contributed by atoms with van der Waals surface area (Å²) in [5.74, 6) is 0.292. The second-order valence-corrected chi connectivity index (χ2v) is 6.79. The van der Waals surface area contributed by atoms with Crippen molar-refractivity contribution in [3.63, 3.8) is 0 Å². The molecule has 2 heterocycles. The second kappa shape index (κ2) is 8.21. The highest BCUT2D eigenvalue weighted by molar-refractivity contribution is 6.06. The summed E-state index contributed by atoms with van der Waals surface area (Å²) in [6.45, 7) is 4.83. The normalized spacial score (nSPS) is 13.1. The molecule has 5 heteroatoms. The van der Waals surface area contributed by atoms with Crippen LogP contribution in [0.4, 0.5) is 11.4 Å². The quantitative estimate of drug-likeness (QED) is 0.788. The molecule has 0 spiro atoms. The third-order valence-electron chi connectivity index (χ3n) is 4.87. The lowest BCUT2D eigenvalue weighted by Gasteiger charge is -2.18. The number of fused-ring (bicyclic) bond motifs is 1. The van der Waals surface area contributed by atoms with E-state index in [9.17, 15) is 9.59 Å². The average molecular weight is 354 g/mol. The Hall–Kier alpha value is -2.56. The Morgan fingerprint density at radius 3 is 2.62 bits per heavy atom. The van der Waals surface area contributed by atoms with Gasteiger partial charge in [-0.3, -0.25) is 9.59 Å². The Labute approximate surface area is 154 Å². The highest BCUT2D eigenvalue weighted by Gasteiger charge is 2.27. The molecular weight excluding hydrogens is 328 g/mol. The molecule has 1 aromatic heterocycles. The van der Waals surface area contributed by atoms with E-state index in [4.69, 9.17) is 4.42 Å². The van der Waals surface area contributed by atoms with E-state index >= 15 is 0 Å². The van der Waals surface area contributed by atoms with Crippen LogP contribution in [0.2, 0.25) is 0 Å². The minimum Gasteiger partial charge on any atom is -0.459 e. The zero-order chi connectivity index (χ0) is 18.5. The predicted octanol–water partition coefficient (Wildman–Crippen LogP) is 4.64. The topological polar surface area (TPSA) is 62.6 Å². The Morgan fingerprint density at radius 2 is 1.96 bits per heavy atom.